The Labute approximate surface area is 174 Å². The van der Waals surface area contributed by atoms with Gasteiger partial charge in [-0.25, -0.2) is 8.78 Å². The number of hydrogen-bond acceptors (Lipinski definition) is 4. The molecule has 30 heavy (non-hydrogen) atoms. The zero-order valence-electron chi connectivity index (χ0n) is 16.5. The average molecular weight is 405 g/mol. The molecule has 0 fully saturated rings. The molecular weight excluding hydrogens is 384 g/mol. The van der Waals surface area contributed by atoms with Crippen LogP contribution >= 0.6 is 0 Å². The lowest BCUT2D eigenvalue weighted by atomic mass is 9.80. The van der Waals surface area contributed by atoms with Gasteiger partial charge in [0.15, 0.2) is 0 Å². The Kier molecular flexibility index (Phi) is 5.39. The van der Waals surface area contributed by atoms with Gasteiger partial charge in [-0.2, -0.15) is 5.26 Å². The van der Waals surface area contributed by atoms with Crippen molar-refractivity contribution in [3.63, 3.8) is 0 Å². The second-order valence-corrected chi connectivity index (χ2v) is 7.30. The Morgan fingerprint density at radius 3 is 2.50 bits per heavy atom. The van der Waals surface area contributed by atoms with Crippen molar-refractivity contribution in [2.24, 2.45) is 5.73 Å². The first kappa shape index (κ1) is 19.9. The van der Waals surface area contributed by atoms with Crippen LogP contribution in [0.15, 0.2) is 76.9 Å². The topological polar surface area (TPSA) is 62.3 Å². The van der Waals surface area contributed by atoms with E-state index in [1.54, 1.807) is 42.5 Å². The Morgan fingerprint density at radius 2 is 1.83 bits per heavy atom. The number of nitrogens with two attached hydrogens (primary N) is 1. The van der Waals surface area contributed by atoms with Crippen LogP contribution in [0.5, 0.6) is 0 Å². The van der Waals surface area contributed by atoms with Gasteiger partial charge in [0.2, 0.25) is 5.88 Å². The number of allylic oxidation sites excluding steroid dienone is 1. The minimum atomic E-state index is -0.654. The predicted octanol–water partition coefficient (Wildman–Crippen LogP) is 4.45. The average Bonchev–Trinajstić information content (AvgIpc) is 2.75. The molecule has 0 unspecified atom stereocenters. The Hall–Kier alpha value is -3.43. The molecule has 2 N–H and O–H groups in total. The van der Waals surface area contributed by atoms with Crippen molar-refractivity contribution in [3.05, 3.63) is 99.7 Å². The van der Waals surface area contributed by atoms with Crippen LogP contribution in [0.25, 0.3) is 6.08 Å². The molecule has 2 aliphatic rings. The molecule has 2 heterocycles. The van der Waals surface area contributed by atoms with Gasteiger partial charge in [-0.3, -0.25) is 4.90 Å². The third-order valence-electron chi connectivity index (χ3n) is 5.50. The molecule has 4 rings (SSSR count). The summed E-state index contributed by atoms with van der Waals surface area (Å²) in [4.78, 5) is 2.14. The molecular formula is C24H21F2N3O. The van der Waals surface area contributed by atoms with Gasteiger partial charge in [-0.15, -0.1) is 0 Å². The monoisotopic (exact) mass is 405 g/mol. The number of nitrogens with zero attached hydrogens (tertiary/aromatic N) is 2. The number of nitriles is 1. The highest BCUT2D eigenvalue weighted by molar-refractivity contribution is 5.63. The highest BCUT2D eigenvalue weighted by atomic mass is 19.1. The smallest absolute Gasteiger partial charge is 0.205 e. The fourth-order valence-electron chi connectivity index (χ4n) is 4.01. The molecule has 2 aromatic rings. The van der Waals surface area contributed by atoms with Gasteiger partial charge in [0.1, 0.15) is 29.0 Å². The van der Waals surface area contributed by atoms with Gasteiger partial charge < -0.3 is 10.5 Å². The predicted molar refractivity (Wildman–Crippen MR) is 111 cm³/mol. The number of rotatable bonds is 3. The minimum absolute atomic E-state index is 0.0473. The zero-order chi connectivity index (χ0) is 21.3. The van der Waals surface area contributed by atoms with Gasteiger partial charge in [0, 0.05) is 29.8 Å². The summed E-state index contributed by atoms with van der Waals surface area (Å²) in [7, 11) is 0. The van der Waals surface area contributed by atoms with E-state index in [4.69, 9.17) is 10.5 Å². The summed E-state index contributed by atoms with van der Waals surface area (Å²) in [6, 6.07) is 14.9. The van der Waals surface area contributed by atoms with Crippen molar-refractivity contribution in [1.29, 1.82) is 5.26 Å². The molecule has 2 aromatic carbocycles. The molecule has 0 radical (unpaired) electrons. The molecule has 152 valence electrons. The maximum atomic E-state index is 14.7. The zero-order valence-corrected chi connectivity index (χ0v) is 16.5. The molecule has 0 amide bonds. The molecule has 0 aliphatic carbocycles. The number of ether oxygens (including phenoxy) is 1. The SMILES string of the molecule is CCN1CC2=C(OC(N)=C(C#N)[C@H]2c2ccccc2F)/C(=C\c2ccccc2F)C1. The van der Waals surface area contributed by atoms with E-state index in [1.807, 2.05) is 6.92 Å². The van der Waals surface area contributed by atoms with Crippen LogP contribution in [-0.4, -0.2) is 24.5 Å². The van der Waals surface area contributed by atoms with Crippen molar-refractivity contribution in [2.45, 2.75) is 12.8 Å². The van der Waals surface area contributed by atoms with Crippen LogP contribution < -0.4 is 5.73 Å². The minimum Gasteiger partial charge on any atom is -0.440 e. The third-order valence-corrected chi connectivity index (χ3v) is 5.50. The molecule has 0 spiro atoms. The van der Waals surface area contributed by atoms with Crippen LogP contribution in [0.4, 0.5) is 8.78 Å². The van der Waals surface area contributed by atoms with Gasteiger partial charge >= 0.3 is 0 Å². The first-order valence-electron chi connectivity index (χ1n) is 9.76. The standard InChI is InChI=1S/C24H21F2N3O/c1-2-29-13-16(11-15-7-3-5-9-20(15)25)23-19(14-29)22(18(12-27)24(28)30-23)17-8-4-6-10-21(17)26/h3-11,22H,2,13-14,28H2,1H3/b16-11-/t22-/m1/s1. The first-order valence-corrected chi connectivity index (χ1v) is 9.76. The maximum absolute atomic E-state index is 14.7. The number of hydrogen-bond donors (Lipinski definition) is 1. The van der Waals surface area contributed by atoms with Crippen molar-refractivity contribution in [2.75, 3.05) is 19.6 Å². The summed E-state index contributed by atoms with van der Waals surface area (Å²) in [5, 5.41) is 9.74. The highest BCUT2D eigenvalue weighted by Crippen LogP contribution is 2.44. The largest absolute Gasteiger partial charge is 0.440 e. The lowest BCUT2D eigenvalue weighted by molar-refractivity contribution is 0.238. The summed E-state index contributed by atoms with van der Waals surface area (Å²) < 4.78 is 34.9. The molecule has 0 aromatic heterocycles. The molecule has 4 nitrogen and oxygen atoms in total. The summed E-state index contributed by atoms with van der Waals surface area (Å²) in [6.45, 7) is 3.78. The summed E-state index contributed by atoms with van der Waals surface area (Å²) >= 11 is 0. The quantitative estimate of drug-likeness (QED) is 0.820. The van der Waals surface area contributed by atoms with Crippen LogP contribution in [0, 0.1) is 23.0 Å². The third kappa shape index (κ3) is 3.49. The number of likely N-dealkylation sites (N-methyl/N-ethyl adjacent to an activating group) is 1. The highest BCUT2D eigenvalue weighted by Gasteiger charge is 2.38. The van der Waals surface area contributed by atoms with Gasteiger partial charge in [-0.05, 0) is 30.3 Å². The first-order chi connectivity index (χ1) is 14.5. The van der Waals surface area contributed by atoms with E-state index in [2.05, 4.69) is 11.0 Å². The van der Waals surface area contributed by atoms with Gasteiger partial charge in [0.25, 0.3) is 0 Å². The molecule has 0 saturated carbocycles. The second kappa shape index (κ2) is 8.13. The fraction of sp³-hybridized carbons (Fsp3) is 0.208. The van der Waals surface area contributed by atoms with E-state index in [0.717, 1.165) is 17.7 Å². The van der Waals surface area contributed by atoms with Crippen molar-refractivity contribution in [1.82, 2.24) is 4.90 Å². The molecule has 0 bridgehead atoms. The normalized spacial score (nSPS) is 20.7. The van der Waals surface area contributed by atoms with E-state index < -0.39 is 11.7 Å². The molecule has 6 heteroatoms. The maximum Gasteiger partial charge on any atom is 0.205 e. The fourth-order valence-corrected chi connectivity index (χ4v) is 4.01. The molecule has 2 aliphatic heterocycles. The summed E-state index contributed by atoms with van der Waals surface area (Å²) in [6.07, 6.45) is 1.73. The second-order valence-electron chi connectivity index (χ2n) is 7.30. The van der Waals surface area contributed by atoms with Crippen LogP contribution in [0.3, 0.4) is 0 Å². The summed E-state index contributed by atoms with van der Waals surface area (Å²) in [5.74, 6) is -0.964. The van der Waals surface area contributed by atoms with E-state index in [1.165, 1.54) is 12.1 Å². The lowest BCUT2D eigenvalue weighted by Gasteiger charge is -2.38. The van der Waals surface area contributed by atoms with Crippen molar-refractivity contribution >= 4 is 6.08 Å². The van der Waals surface area contributed by atoms with Crippen molar-refractivity contribution in [3.8, 4) is 6.07 Å². The van der Waals surface area contributed by atoms with Gasteiger partial charge in [-0.1, -0.05) is 43.3 Å². The van der Waals surface area contributed by atoms with E-state index >= 15 is 0 Å². The van der Waals surface area contributed by atoms with Crippen LogP contribution in [-0.2, 0) is 4.74 Å². The summed E-state index contributed by atoms with van der Waals surface area (Å²) in [5.41, 5.74) is 8.56. The number of benzene rings is 2. The number of halogens is 2. The Balaban J connectivity index is 1.92. The van der Waals surface area contributed by atoms with E-state index in [9.17, 15) is 14.0 Å². The van der Waals surface area contributed by atoms with E-state index in [0.29, 0.717) is 30.0 Å². The molecule has 1 atom stereocenters. The van der Waals surface area contributed by atoms with Crippen LogP contribution in [0.2, 0.25) is 0 Å². The molecule has 0 saturated heterocycles. The Bertz CT molecular complexity index is 1130. The van der Waals surface area contributed by atoms with Gasteiger partial charge in [0.05, 0.1) is 5.92 Å². The Morgan fingerprint density at radius 1 is 1.13 bits per heavy atom. The lowest BCUT2D eigenvalue weighted by Crippen LogP contribution is -2.38. The van der Waals surface area contributed by atoms with Crippen LogP contribution in [0.1, 0.15) is 24.0 Å². The van der Waals surface area contributed by atoms with Crippen molar-refractivity contribution < 1.29 is 13.5 Å². The van der Waals surface area contributed by atoms with E-state index in [-0.39, 0.29) is 17.3 Å².